The van der Waals surface area contributed by atoms with Gasteiger partial charge in [-0.3, -0.25) is 0 Å². The standard InChI is InChI=1S/C14H17FN4/c15-12-5-2-1-4-11(12)7-9-19-10-17-18-14(19)13-6-3-8-16-13/h1-2,4-5,10,13,16H,3,6-9H2. The molecule has 0 saturated carbocycles. The number of hydrogen-bond donors (Lipinski definition) is 1. The Morgan fingerprint density at radius 2 is 2.26 bits per heavy atom. The van der Waals surface area contributed by atoms with Gasteiger partial charge >= 0.3 is 0 Å². The van der Waals surface area contributed by atoms with E-state index < -0.39 is 0 Å². The molecule has 1 unspecified atom stereocenters. The Labute approximate surface area is 111 Å². The van der Waals surface area contributed by atoms with E-state index in [0.717, 1.165) is 24.4 Å². The van der Waals surface area contributed by atoms with Crippen LogP contribution in [0.3, 0.4) is 0 Å². The summed E-state index contributed by atoms with van der Waals surface area (Å²) in [6, 6.07) is 7.20. The molecule has 1 fully saturated rings. The van der Waals surface area contributed by atoms with E-state index in [1.54, 1.807) is 12.4 Å². The number of halogens is 1. The van der Waals surface area contributed by atoms with Crippen LogP contribution >= 0.6 is 0 Å². The lowest BCUT2D eigenvalue weighted by molar-refractivity contribution is 0.537. The minimum atomic E-state index is -0.142. The lowest BCUT2D eigenvalue weighted by atomic mass is 10.1. The van der Waals surface area contributed by atoms with Crippen molar-refractivity contribution in [2.45, 2.75) is 31.8 Å². The Hall–Kier alpha value is -1.75. The van der Waals surface area contributed by atoms with Crippen molar-refractivity contribution in [3.8, 4) is 0 Å². The van der Waals surface area contributed by atoms with Crippen molar-refractivity contribution in [1.82, 2.24) is 20.1 Å². The summed E-state index contributed by atoms with van der Waals surface area (Å²) >= 11 is 0. The second kappa shape index (κ2) is 5.48. The fourth-order valence-corrected chi connectivity index (χ4v) is 2.55. The summed E-state index contributed by atoms with van der Waals surface area (Å²) in [5.74, 6) is 0.824. The van der Waals surface area contributed by atoms with Crippen molar-refractivity contribution < 1.29 is 4.39 Å². The third-order valence-electron chi connectivity index (χ3n) is 3.60. The summed E-state index contributed by atoms with van der Waals surface area (Å²) < 4.78 is 15.6. The highest BCUT2D eigenvalue weighted by atomic mass is 19.1. The van der Waals surface area contributed by atoms with E-state index in [2.05, 4.69) is 15.5 Å². The van der Waals surface area contributed by atoms with Gasteiger partial charge in [-0.15, -0.1) is 10.2 Å². The maximum absolute atomic E-state index is 13.6. The summed E-state index contributed by atoms with van der Waals surface area (Å²) in [5, 5.41) is 11.6. The van der Waals surface area contributed by atoms with Crippen LogP contribution in [0.5, 0.6) is 0 Å². The lowest BCUT2D eigenvalue weighted by Crippen LogP contribution is -2.18. The molecule has 0 aliphatic carbocycles. The molecule has 100 valence electrons. The highest BCUT2D eigenvalue weighted by molar-refractivity contribution is 5.17. The van der Waals surface area contributed by atoms with Gasteiger partial charge in [-0.05, 0) is 37.4 Å². The third-order valence-corrected chi connectivity index (χ3v) is 3.60. The van der Waals surface area contributed by atoms with Crippen LogP contribution in [0.25, 0.3) is 0 Å². The molecule has 0 radical (unpaired) electrons. The molecule has 1 N–H and O–H groups in total. The SMILES string of the molecule is Fc1ccccc1CCn1cnnc1C1CCCN1. The Bertz CT molecular complexity index is 546. The predicted molar refractivity (Wildman–Crippen MR) is 70.1 cm³/mol. The topological polar surface area (TPSA) is 42.7 Å². The lowest BCUT2D eigenvalue weighted by Gasteiger charge is -2.12. The van der Waals surface area contributed by atoms with E-state index in [1.807, 2.05) is 16.7 Å². The number of aromatic nitrogens is 3. The first-order valence-corrected chi connectivity index (χ1v) is 6.69. The maximum Gasteiger partial charge on any atom is 0.149 e. The average molecular weight is 260 g/mol. The zero-order valence-electron chi connectivity index (χ0n) is 10.7. The number of aryl methyl sites for hydroxylation is 2. The highest BCUT2D eigenvalue weighted by Crippen LogP contribution is 2.21. The molecule has 0 amide bonds. The molecule has 2 aromatic rings. The molecule has 1 atom stereocenters. The van der Waals surface area contributed by atoms with Crippen LogP contribution in [0.1, 0.15) is 30.3 Å². The minimum absolute atomic E-state index is 0.142. The first kappa shape index (κ1) is 12.3. The molecular formula is C14H17FN4. The first-order chi connectivity index (χ1) is 9.34. The summed E-state index contributed by atoms with van der Waals surface area (Å²) in [6.07, 6.45) is 4.66. The van der Waals surface area contributed by atoms with Crippen LogP contribution in [0, 0.1) is 5.82 Å². The van der Waals surface area contributed by atoms with E-state index in [1.165, 1.54) is 12.5 Å². The first-order valence-electron chi connectivity index (χ1n) is 6.69. The van der Waals surface area contributed by atoms with Gasteiger partial charge in [0.15, 0.2) is 0 Å². The van der Waals surface area contributed by atoms with Gasteiger partial charge in [0.25, 0.3) is 0 Å². The molecular weight excluding hydrogens is 243 g/mol. The van der Waals surface area contributed by atoms with Crippen LogP contribution in [0.4, 0.5) is 4.39 Å². The second-order valence-electron chi connectivity index (χ2n) is 4.87. The Kier molecular flexibility index (Phi) is 3.55. The third kappa shape index (κ3) is 2.66. The molecule has 1 aromatic heterocycles. The molecule has 4 nitrogen and oxygen atoms in total. The zero-order chi connectivity index (χ0) is 13.1. The molecule has 1 aliphatic rings. The monoisotopic (exact) mass is 260 g/mol. The molecule has 1 saturated heterocycles. The fraction of sp³-hybridized carbons (Fsp3) is 0.429. The van der Waals surface area contributed by atoms with E-state index in [9.17, 15) is 4.39 Å². The molecule has 3 rings (SSSR count). The zero-order valence-corrected chi connectivity index (χ0v) is 10.7. The predicted octanol–water partition coefficient (Wildman–Crippen LogP) is 2.08. The maximum atomic E-state index is 13.6. The van der Waals surface area contributed by atoms with Crippen molar-refractivity contribution in [1.29, 1.82) is 0 Å². The number of nitrogens with one attached hydrogen (secondary N) is 1. The van der Waals surface area contributed by atoms with E-state index in [0.29, 0.717) is 19.0 Å². The minimum Gasteiger partial charge on any atom is -0.316 e. The molecule has 0 bridgehead atoms. The van der Waals surface area contributed by atoms with Gasteiger partial charge in [0.2, 0.25) is 0 Å². The average Bonchev–Trinajstić information content (AvgIpc) is 3.08. The van der Waals surface area contributed by atoms with Crippen molar-refractivity contribution >= 4 is 0 Å². The van der Waals surface area contributed by atoms with Gasteiger partial charge in [-0.25, -0.2) is 4.39 Å². The quantitative estimate of drug-likeness (QED) is 0.915. The molecule has 1 aromatic carbocycles. The van der Waals surface area contributed by atoms with Crippen LogP contribution < -0.4 is 5.32 Å². The summed E-state index contributed by atoms with van der Waals surface area (Å²) in [5.41, 5.74) is 0.738. The summed E-state index contributed by atoms with van der Waals surface area (Å²) in [7, 11) is 0. The van der Waals surface area contributed by atoms with Gasteiger partial charge in [0.05, 0.1) is 6.04 Å². The van der Waals surface area contributed by atoms with Crippen LogP contribution in [0.15, 0.2) is 30.6 Å². The van der Waals surface area contributed by atoms with Gasteiger partial charge in [0.1, 0.15) is 18.0 Å². The number of hydrogen-bond acceptors (Lipinski definition) is 3. The Morgan fingerprint density at radius 3 is 3.05 bits per heavy atom. The van der Waals surface area contributed by atoms with Gasteiger partial charge in [0, 0.05) is 6.54 Å². The number of rotatable bonds is 4. The molecule has 2 heterocycles. The fourth-order valence-electron chi connectivity index (χ4n) is 2.55. The van der Waals surface area contributed by atoms with Crippen molar-refractivity contribution in [2.24, 2.45) is 0 Å². The van der Waals surface area contributed by atoms with Crippen LogP contribution in [-0.4, -0.2) is 21.3 Å². The second-order valence-corrected chi connectivity index (χ2v) is 4.87. The molecule has 1 aliphatic heterocycles. The Morgan fingerprint density at radius 1 is 1.37 bits per heavy atom. The van der Waals surface area contributed by atoms with Crippen LogP contribution in [-0.2, 0) is 13.0 Å². The number of nitrogens with zero attached hydrogens (tertiary/aromatic N) is 3. The van der Waals surface area contributed by atoms with Gasteiger partial charge in [-0.1, -0.05) is 18.2 Å². The van der Waals surface area contributed by atoms with Gasteiger partial charge < -0.3 is 9.88 Å². The van der Waals surface area contributed by atoms with Gasteiger partial charge in [-0.2, -0.15) is 0 Å². The van der Waals surface area contributed by atoms with Crippen molar-refractivity contribution in [3.05, 3.63) is 47.8 Å². The van der Waals surface area contributed by atoms with E-state index in [-0.39, 0.29) is 5.82 Å². The summed E-state index contributed by atoms with van der Waals surface area (Å²) in [4.78, 5) is 0. The normalized spacial score (nSPS) is 18.9. The molecule has 5 heteroatoms. The van der Waals surface area contributed by atoms with E-state index in [4.69, 9.17) is 0 Å². The Balaban J connectivity index is 1.70. The smallest absolute Gasteiger partial charge is 0.149 e. The van der Waals surface area contributed by atoms with Crippen molar-refractivity contribution in [3.63, 3.8) is 0 Å². The number of benzene rings is 1. The molecule has 19 heavy (non-hydrogen) atoms. The van der Waals surface area contributed by atoms with Crippen LogP contribution in [0.2, 0.25) is 0 Å². The van der Waals surface area contributed by atoms with E-state index >= 15 is 0 Å². The largest absolute Gasteiger partial charge is 0.316 e. The van der Waals surface area contributed by atoms with Crippen molar-refractivity contribution in [2.75, 3.05) is 6.54 Å². The highest BCUT2D eigenvalue weighted by Gasteiger charge is 2.21. The molecule has 0 spiro atoms. The summed E-state index contributed by atoms with van der Waals surface area (Å²) in [6.45, 7) is 1.74.